The average Bonchev–Trinajstić information content (AvgIpc) is 2.68. The van der Waals surface area contributed by atoms with Crippen molar-refractivity contribution in [3.8, 4) is 0 Å². The summed E-state index contributed by atoms with van der Waals surface area (Å²) in [5.74, 6) is 0. The molecule has 0 spiro atoms. The highest BCUT2D eigenvalue weighted by Crippen LogP contribution is 2.46. The second-order valence-corrected chi connectivity index (χ2v) is 8.40. The Morgan fingerprint density at radius 2 is 1.70 bits per heavy atom. The van der Waals surface area contributed by atoms with Crippen LogP contribution in [0.15, 0.2) is 50.2 Å². The van der Waals surface area contributed by atoms with E-state index in [2.05, 4.69) is 63.3 Å². The molecule has 1 heterocycles. The van der Waals surface area contributed by atoms with Gasteiger partial charge in [0.15, 0.2) is 0 Å². The molecule has 0 atom stereocenters. The van der Waals surface area contributed by atoms with Crippen LogP contribution in [0.3, 0.4) is 0 Å². The Balaban J connectivity index is 1.95. The number of allylic oxidation sites excluding steroid dienone is 4. The molecule has 3 heteroatoms. The smallest absolute Gasteiger partial charge is 0.0805 e. The van der Waals surface area contributed by atoms with E-state index < -0.39 is 0 Å². The Hall–Kier alpha value is -1.48. The van der Waals surface area contributed by atoms with Gasteiger partial charge in [0.1, 0.15) is 0 Å². The van der Waals surface area contributed by atoms with E-state index in [0.717, 1.165) is 44.5 Å². The van der Waals surface area contributed by atoms with Crippen LogP contribution >= 0.6 is 11.8 Å². The lowest BCUT2D eigenvalue weighted by molar-refractivity contribution is 0.744. The number of anilines is 1. The van der Waals surface area contributed by atoms with Crippen molar-refractivity contribution in [2.75, 3.05) is 18.0 Å². The number of fused-ring (bicyclic) bond motifs is 2. The molecule has 0 fully saturated rings. The van der Waals surface area contributed by atoms with Gasteiger partial charge in [0.05, 0.1) is 11.4 Å². The molecule has 0 bridgehead atoms. The summed E-state index contributed by atoms with van der Waals surface area (Å²) in [5.41, 5.74) is 6.42. The Morgan fingerprint density at radius 3 is 2.37 bits per heavy atom. The minimum Gasteiger partial charge on any atom is -0.372 e. The van der Waals surface area contributed by atoms with Crippen molar-refractivity contribution in [3.63, 3.8) is 0 Å². The fourth-order valence-electron chi connectivity index (χ4n) is 3.81. The SMILES string of the molecule is CCCC1=C(CCC)C2=Nc3ccc(N(CCC)CCC)cc3SC2=C[C]1. The molecular formula is C24H32N2S. The molecule has 0 amide bonds. The van der Waals surface area contributed by atoms with Crippen molar-refractivity contribution < 1.29 is 0 Å². The lowest BCUT2D eigenvalue weighted by Gasteiger charge is -2.28. The van der Waals surface area contributed by atoms with Crippen LogP contribution in [-0.4, -0.2) is 18.8 Å². The van der Waals surface area contributed by atoms with Crippen LogP contribution in [0.5, 0.6) is 0 Å². The summed E-state index contributed by atoms with van der Waals surface area (Å²) in [5, 5.41) is 0. The van der Waals surface area contributed by atoms with E-state index in [-0.39, 0.29) is 0 Å². The molecule has 2 nitrogen and oxygen atoms in total. The molecule has 1 aliphatic carbocycles. The summed E-state index contributed by atoms with van der Waals surface area (Å²) >= 11 is 1.87. The molecule has 3 rings (SSSR count). The van der Waals surface area contributed by atoms with Crippen LogP contribution < -0.4 is 4.90 Å². The highest BCUT2D eigenvalue weighted by molar-refractivity contribution is 8.04. The third kappa shape index (κ3) is 4.51. The Morgan fingerprint density at radius 1 is 0.963 bits per heavy atom. The molecule has 0 aromatic heterocycles. The summed E-state index contributed by atoms with van der Waals surface area (Å²) in [6, 6.07) is 6.79. The van der Waals surface area contributed by atoms with Crippen molar-refractivity contribution in [2.45, 2.75) is 71.1 Å². The van der Waals surface area contributed by atoms with Gasteiger partial charge >= 0.3 is 0 Å². The predicted molar refractivity (Wildman–Crippen MR) is 120 cm³/mol. The zero-order valence-corrected chi connectivity index (χ0v) is 18.1. The van der Waals surface area contributed by atoms with Crippen molar-refractivity contribution in [1.29, 1.82) is 0 Å². The summed E-state index contributed by atoms with van der Waals surface area (Å²) < 4.78 is 0. The number of benzene rings is 1. The fourth-order valence-corrected chi connectivity index (χ4v) is 4.83. The molecule has 0 unspecified atom stereocenters. The van der Waals surface area contributed by atoms with Crippen molar-refractivity contribution in [3.05, 3.63) is 46.7 Å². The minimum atomic E-state index is 1.09. The largest absolute Gasteiger partial charge is 0.372 e. The number of hydrogen-bond donors (Lipinski definition) is 0. The number of rotatable bonds is 9. The van der Waals surface area contributed by atoms with Gasteiger partial charge in [0.2, 0.25) is 0 Å². The highest BCUT2D eigenvalue weighted by Gasteiger charge is 2.26. The van der Waals surface area contributed by atoms with Gasteiger partial charge in [0.25, 0.3) is 0 Å². The molecule has 1 aromatic carbocycles. The summed E-state index contributed by atoms with van der Waals surface area (Å²) in [4.78, 5) is 10.1. The summed E-state index contributed by atoms with van der Waals surface area (Å²) in [6.07, 6.45) is 12.6. The van der Waals surface area contributed by atoms with Gasteiger partial charge < -0.3 is 4.90 Å². The maximum Gasteiger partial charge on any atom is 0.0805 e. The molecular weight excluding hydrogens is 348 g/mol. The van der Waals surface area contributed by atoms with Crippen LogP contribution in [0, 0.1) is 6.42 Å². The van der Waals surface area contributed by atoms with Crippen LogP contribution in [0.1, 0.15) is 66.2 Å². The zero-order chi connectivity index (χ0) is 19.2. The van der Waals surface area contributed by atoms with E-state index in [9.17, 15) is 0 Å². The molecule has 1 aliphatic heterocycles. The van der Waals surface area contributed by atoms with E-state index >= 15 is 0 Å². The van der Waals surface area contributed by atoms with Crippen LogP contribution in [-0.2, 0) is 0 Å². The van der Waals surface area contributed by atoms with Gasteiger partial charge in [-0.05, 0) is 49.5 Å². The maximum atomic E-state index is 5.10. The molecule has 0 saturated heterocycles. The lowest BCUT2D eigenvalue weighted by Crippen LogP contribution is -2.24. The molecule has 0 saturated carbocycles. The van der Waals surface area contributed by atoms with Gasteiger partial charge in [-0.15, -0.1) is 0 Å². The number of nitrogens with zero attached hydrogens (tertiary/aromatic N) is 2. The first kappa shape index (κ1) is 20.3. The van der Waals surface area contributed by atoms with Crippen LogP contribution in [0.4, 0.5) is 11.4 Å². The number of thioether (sulfide) groups is 1. The molecule has 27 heavy (non-hydrogen) atoms. The average molecular weight is 381 g/mol. The van der Waals surface area contributed by atoms with Crippen molar-refractivity contribution >= 4 is 28.8 Å². The maximum absolute atomic E-state index is 5.10. The third-order valence-corrected chi connectivity index (χ3v) is 6.09. The first-order valence-corrected chi connectivity index (χ1v) is 11.4. The van der Waals surface area contributed by atoms with Crippen molar-refractivity contribution in [2.24, 2.45) is 4.99 Å². The second-order valence-electron chi connectivity index (χ2n) is 7.31. The highest BCUT2D eigenvalue weighted by atomic mass is 32.2. The third-order valence-electron chi connectivity index (χ3n) is 5.01. The van der Waals surface area contributed by atoms with Crippen LogP contribution in [0.25, 0.3) is 0 Å². The first-order valence-electron chi connectivity index (χ1n) is 10.6. The molecule has 1 aromatic rings. The molecule has 2 aliphatic rings. The predicted octanol–water partition coefficient (Wildman–Crippen LogP) is 7.37. The van der Waals surface area contributed by atoms with E-state index in [1.165, 1.54) is 45.2 Å². The van der Waals surface area contributed by atoms with Crippen molar-refractivity contribution in [1.82, 2.24) is 0 Å². The van der Waals surface area contributed by atoms with Crippen LogP contribution in [0.2, 0.25) is 0 Å². The Bertz CT molecular complexity index is 752. The van der Waals surface area contributed by atoms with Gasteiger partial charge in [-0.3, -0.25) is 0 Å². The standard InChI is InChI=1S/C24H32N2S/c1-5-9-18-11-14-22-24(20(18)10-6-2)25-21-13-12-19(17-23(21)27-22)26(15-7-3)16-8-4/h12-14,17H,5-10,15-16H2,1-4H3. The van der Waals surface area contributed by atoms with E-state index in [0.29, 0.717) is 0 Å². The van der Waals surface area contributed by atoms with Gasteiger partial charge in [0, 0.05) is 35.0 Å². The first-order chi connectivity index (χ1) is 13.2. The van der Waals surface area contributed by atoms with Gasteiger partial charge in [-0.2, -0.15) is 0 Å². The molecule has 144 valence electrons. The summed E-state index contributed by atoms with van der Waals surface area (Å²) in [7, 11) is 0. The molecule has 2 radical (unpaired) electrons. The monoisotopic (exact) mass is 380 g/mol. The molecule has 0 N–H and O–H groups in total. The van der Waals surface area contributed by atoms with Gasteiger partial charge in [-0.25, -0.2) is 4.99 Å². The number of hydrogen-bond acceptors (Lipinski definition) is 3. The normalized spacial score (nSPS) is 15.9. The zero-order valence-electron chi connectivity index (χ0n) is 17.3. The topological polar surface area (TPSA) is 15.6 Å². The van der Waals surface area contributed by atoms with E-state index in [1.807, 2.05) is 11.8 Å². The summed E-state index contributed by atoms with van der Waals surface area (Å²) in [6.45, 7) is 11.2. The Labute approximate surface area is 169 Å². The van der Waals surface area contributed by atoms with Gasteiger partial charge in [-0.1, -0.05) is 63.9 Å². The van der Waals surface area contributed by atoms with E-state index in [1.54, 1.807) is 0 Å². The lowest BCUT2D eigenvalue weighted by atomic mass is 9.89. The Kier molecular flexibility index (Phi) is 7.23. The quantitative estimate of drug-likeness (QED) is 0.444. The second kappa shape index (κ2) is 9.64. The van der Waals surface area contributed by atoms with E-state index in [4.69, 9.17) is 4.99 Å². The number of aliphatic imine (C=N–C) groups is 1. The fraction of sp³-hybridized carbons (Fsp3) is 0.500. The minimum absolute atomic E-state index is 1.09.